The van der Waals surface area contributed by atoms with Gasteiger partial charge in [-0.25, -0.2) is 0 Å². The first kappa shape index (κ1) is 10.9. The summed E-state index contributed by atoms with van der Waals surface area (Å²) in [6, 6.07) is 0. The minimum atomic E-state index is -4.23. The first-order chi connectivity index (χ1) is 4.61. The Balaban J connectivity index is -0.000000333. The van der Waals surface area contributed by atoms with Gasteiger partial charge in [-0.2, -0.15) is 13.2 Å². The van der Waals surface area contributed by atoms with Crippen LogP contribution in [0.3, 0.4) is 0 Å². The molecule has 11 heavy (non-hydrogen) atoms. The van der Waals surface area contributed by atoms with Gasteiger partial charge >= 0.3 is 6.18 Å². The zero-order chi connectivity index (χ0) is 7.61. The van der Waals surface area contributed by atoms with E-state index < -0.39 is 11.7 Å². The number of allylic oxidation sites excluding steroid dienone is 3. The Kier molecular flexibility index (Phi) is 4.04. The Morgan fingerprint density at radius 1 is 1.27 bits per heavy atom. The molecule has 0 nitrogen and oxygen atoms in total. The van der Waals surface area contributed by atoms with Crippen LogP contribution in [-0.2, 0) is 0 Å². The van der Waals surface area contributed by atoms with Crippen LogP contribution in [0.1, 0.15) is 2.85 Å². The Bertz CT molecular complexity index is 226. The second-order valence-electron chi connectivity index (χ2n) is 1.79. The molecule has 0 aliphatic heterocycles. The van der Waals surface area contributed by atoms with Crippen molar-refractivity contribution >= 4 is 25.8 Å². The summed E-state index contributed by atoms with van der Waals surface area (Å²) < 4.78 is 35.3. The Morgan fingerprint density at radius 3 is 2.18 bits per heavy atom. The molecular formula is C7H8F3In. The fourth-order valence-electron chi connectivity index (χ4n) is 0.576. The average molecular weight is 264 g/mol. The van der Waals surface area contributed by atoms with Gasteiger partial charge in [0.05, 0.1) is 0 Å². The molecule has 0 spiro atoms. The summed E-state index contributed by atoms with van der Waals surface area (Å²) in [5.74, 6) is 0. The molecule has 0 aromatic carbocycles. The van der Waals surface area contributed by atoms with Crippen LogP contribution in [0.5, 0.6) is 0 Å². The van der Waals surface area contributed by atoms with Gasteiger partial charge in [0, 0.05) is 40.7 Å². The molecule has 0 saturated heterocycles. The summed E-state index contributed by atoms with van der Waals surface area (Å²) in [5, 5.41) is 0. The van der Waals surface area contributed by atoms with Gasteiger partial charge in [0.25, 0.3) is 0 Å². The van der Waals surface area contributed by atoms with Gasteiger partial charge in [-0.15, -0.1) is 5.73 Å². The van der Waals surface area contributed by atoms with Crippen molar-refractivity contribution in [1.82, 2.24) is 0 Å². The molecule has 1 aliphatic rings. The molecule has 4 radical (unpaired) electrons. The summed E-state index contributed by atoms with van der Waals surface area (Å²) in [4.78, 5) is 0. The summed E-state index contributed by atoms with van der Waals surface area (Å²) in [6.45, 7) is 0. The van der Waals surface area contributed by atoms with Gasteiger partial charge in [-0.05, 0) is 18.2 Å². The van der Waals surface area contributed by atoms with Crippen molar-refractivity contribution in [3.63, 3.8) is 0 Å². The molecule has 4 heteroatoms. The van der Waals surface area contributed by atoms with E-state index in [0.29, 0.717) is 0 Å². The zero-order valence-electron chi connectivity index (χ0n) is 5.52. The van der Waals surface area contributed by atoms with E-state index in [1.165, 1.54) is 12.2 Å². The van der Waals surface area contributed by atoms with Gasteiger partial charge in [0.2, 0.25) is 0 Å². The molecule has 1 rings (SSSR count). The van der Waals surface area contributed by atoms with Crippen LogP contribution < -0.4 is 0 Å². The van der Waals surface area contributed by atoms with Gasteiger partial charge in [0.15, 0.2) is 0 Å². The van der Waals surface area contributed by atoms with Gasteiger partial charge < -0.3 is 0 Å². The molecule has 0 N–H and O–H groups in total. The second kappa shape index (κ2) is 4.07. The van der Waals surface area contributed by atoms with Crippen molar-refractivity contribution in [2.75, 3.05) is 0 Å². The van der Waals surface area contributed by atoms with Crippen molar-refractivity contribution in [1.29, 1.82) is 0 Å². The SMILES string of the molecule is FC(F)(F)C1=CC=C=C[CH]1.[HH].[HH].[In]. The number of hydrogen-bond donors (Lipinski definition) is 0. The molecule has 0 amide bonds. The molecule has 0 heterocycles. The average Bonchev–Trinajstić information content (AvgIpc) is 1.88. The van der Waals surface area contributed by atoms with Gasteiger partial charge in [0.1, 0.15) is 0 Å². The maximum Gasteiger partial charge on any atom is 0.413 e. The third-order valence-electron chi connectivity index (χ3n) is 1.05. The van der Waals surface area contributed by atoms with E-state index in [-0.39, 0.29) is 28.7 Å². The summed E-state index contributed by atoms with van der Waals surface area (Å²) >= 11 is 0. The Hall–Kier alpha value is -0.0799. The van der Waals surface area contributed by atoms with Crippen LogP contribution in [0.2, 0.25) is 0 Å². The molecule has 0 aromatic rings. The van der Waals surface area contributed by atoms with Crippen molar-refractivity contribution < 1.29 is 16.0 Å². The third-order valence-corrected chi connectivity index (χ3v) is 1.05. The summed E-state index contributed by atoms with van der Waals surface area (Å²) in [7, 11) is 0. The summed E-state index contributed by atoms with van der Waals surface area (Å²) in [5.41, 5.74) is 1.87. The fraction of sp³-hybridized carbons (Fsp3) is 0.143. The number of rotatable bonds is 0. The minimum Gasteiger partial charge on any atom is -0.166 e. The van der Waals surface area contributed by atoms with Crippen LogP contribution in [0.15, 0.2) is 29.5 Å². The van der Waals surface area contributed by atoms with E-state index in [0.717, 1.165) is 12.5 Å². The molecule has 1 aliphatic carbocycles. The smallest absolute Gasteiger partial charge is 0.166 e. The van der Waals surface area contributed by atoms with Crippen LogP contribution in [0.4, 0.5) is 13.2 Å². The van der Waals surface area contributed by atoms with Crippen molar-refractivity contribution in [2.24, 2.45) is 0 Å². The molecular weight excluding hydrogens is 256 g/mol. The number of hydrogen-bond acceptors (Lipinski definition) is 0. The molecule has 0 atom stereocenters. The topological polar surface area (TPSA) is 0 Å². The van der Waals surface area contributed by atoms with Gasteiger partial charge in [-0.1, -0.05) is 0 Å². The Labute approximate surface area is 84.2 Å². The molecule has 0 bridgehead atoms. The zero-order valence-corrected chi connectivity index (χ0v) is 8.82. The standard InChI is InChI=1S/C7H4F3.In.2H2/c8-7(9,10)6-4-2-1-3-5-6;;;/h2-5H;;2*1H. The van der Waals surface area contributed by atoms with Crippen LogP contribution in [0.25, 0.3) is 0 Å². The predicted molar refractivity (Wildman–Crippen MR) is 41.1 cm³/mol. The first-order valence-corrected chi connectivity index (χ1v) is 2.64. The van der Waals surface area contributed by atoms with E-state index in [4.69, 9.17) is 0 Å². The van der Waals surface area contributed by atoms with Crippen LogP contribution in [0, 0.1) is 6.42 Å². The number of halogens is 3. The van der Waals surface area contributed by atoms with E-state index >= 15 is 0 Å². The monoisotopic (exact) mass is 264 g/mol. The molecule has 0 fully saturated rings. The first-order valence-electron chi connectivity index (χ1n) is 2.64. The van der Waals surface area contributed by atoms with E-state index in [1.807, 2.05) is 0 Å². The Morgan fingerprint density at radius 2 is 1.91 bits per heavy atom. The quantitative estimate of drug-likeness (QED) is 0.590. The predicted octanol–water partition coefficient (Wildman–Crippen LogP) is 2.52. The van der Waals surface area contributed by atoms with E-state index in [1.54, 1.807) is 0 Å². The van der Waals surface area contributed by atoms with Crippen LogP contribution in [-0.4, -0.2) is 32.0 Å². The van der Waals surface area contributed by atoms with Gasteiger partial charge in [-0.3, -0.25) is 0 Å². The normalized spacial score (nSPS) is 15.7. The largest absolute Gasteiger partial charge is 0.413 e. The number of alkyl halides is 3. The molecule has 0 saturated carbocycles. The maximum absolute atomic E-state index is 11.8. The summed E-state index contributed by atoms with van der Waals surface area (Å²) in [6.07, 6.45) is 0.223. The third kappa shape index (κ3) is 3.21. The maximum atomic E-state index is 11.8. The second-order valence-corrected chi connectivity index (χ2v) is 1.79. The van der Waals surface area contributed by atoms with E-state index in [2.05, 4.69) is 5.73 Å². The van der Waals surface area contributed by atoms with Crippen molar-refractivity contribution in [3.05, 3.63) is 36.0 Å². The fourth-order valence-corrected chi connectivity index (χ4v) is 0.576. The minimum absolute atomic E-state index is 0. The molecule has 0 aromatic heterocycles. The van der Waals surface area contributed by atoms with Crippen LogP contribution >= 0.6 is 0 Å². The van der Waals surface area contributed by atoms with Crippen molar-refractivity contribution in [3.8, 4) is 0 Å². The molecule has 0 unspecified atom stereocenters. The molecule has 60 valence electrons. The van der Waals surface area contributed by atoms with E-state index in [9.17, 15) is 13.2 Å². The van der Waals surface area contributed by atoms with Crippen molar-refractivity contribution in [2.45, 2.75) is 6.18 Å².